The molecule has 3 rings (SSSR count). The zero-order valence-corrected chi connectivity index (χ0v) is 11.4. The van der Waals surface area contributed by atoms with E-state index >= 15 is 0 Å². The van der Waals surface area contributed by atoms with Crippen LogP contribution in [0.25, 0.3) is 22.2 Å². The Labute approximate surface area is 124 Å². The first-order chi connectivity index (χ1) is 10.1. The molecule has 3 aromatic rings. The number of halogens is 1. The highest BCUT2D eigenvalue weighted by Crippen LogP contribution is 2.26. The van der Waals surface area contributed by atoms with Crippen molar-refractivity contribution in [1.82, 2.24) is 4.98 Å². The quantitative estimate of drug-likeness (QED) is 0.528. The van der Waals surface area contributed by atoms with Crippen LogP contribution in [0.2, 0.25) is 0 Å². The first-order valence-corrected chi connectivity index (χ1v) is 6.49. The molecule has 0 N–H and O–H groups in total. The number of nitro groups is 1. The number of hydrogen-bond donors (Lipinski definition) is 0. The molecule has 0 bridgehead atoms. The Bertz CT molecular complexity index is 805. The van der Waals surface area contributed by atoms with E-state index in [1.54, 1.807) is 18.2 Å². The van der Waals surface area contributed by atoms with Crippen molar-refractivity contribution in [3.63, 3.8) is 0 Å². The highest BCUT2D eigenvalue weighted by molar-refractivity contribution is 6.50. The molecule has 0 saturated heterocycles. The van der Waals surface area contributed by atoms with Crippen LogP contribution >= 0.6 is 11.6 Å². The number of para-hydroxylation sites is 2. The third-order valence-corrected chi connectivity index (χ3v) is 3.17. The summed E-state index contributed by atoms with van der Waals surface area (Å²) in [5.74, 6) is 0.316. The van der Waals surface area contributed by atoms with Gasteiger partial charge < -0.3 is 4.42 Å². The average molecular weight is 301 g/mol. The number of rotatable bonds is 3. The van der Waals surface area contributed by atoms with Crippen molar-refractivity contribution < 1.29 is 9.34 Å². The standard InChI is InChI=1S/C15H9ClN2O3/c16-12(9-10-5-7-11(8-6-10)18(19)20)15-17-13-3-1-2-4-14(13)21-15/h1-9H/b12-9-. The first kappa shape index (κ1) is 13.3. The maximum Gasteiger partial charge on any atom is 0.269 e. The predicted octanol–water partition coefficient (Wildman–Crippen LogP) is 4.47. The van der Waals surface area contributed by atoms with Gasteiger partial charge in [-0.15, -0.1) is 0 Å². The van der Waals surface area contributed by atoms with Crippen LogP contribution in [0.15, 0.2) is 52.9 Å². The molecule has 1 aromatic heterocycles. The third-order valence-electron chi connectivity index (χ3n) is 2.90. The molecule has 1 heterocycles. The van der Waals surface area contributed by atoms with E-state index in [0.29, 0.717) is 16.5 Å². The van der Waals surface area contributed by atoms with Crippen LogP contribution in [0.1, 0.15) is 11.5 Å². The molecule has 0 aliphatic rings. The van der Waals surface area contributed by atoms with Crippen LogP contribution in [-0.2, 0) is 0 Å². The first-order valence-electron chi connectivity index (χ1n) is 6.11. The summed E-state index contributed by atoms with van der Waals surface area (Å²) < 4.78 is 5.54. The van der Waals surface area contributed by atoms with Crippen molar-refractivity contribution in [2.24, 2.45) is 0 Å². The van der Waals surface area contributed by atoms with Crippen LogP contribution < -0.4 is 0 Å². The Morgan fingerprint density at radius 3 is 2.57 bits per heavy atom. The fraction of sp³-hybridized carbons (Fsp3) is 0. The minimum atomic E-state index is -0.449. The lowest BCUT2D eigenvalue weighted by Gasteiger charge is -1.95. The second-order valence-electron chi connectivity index (χ2n) is 4.33. The van der Waals surface area contributed by atoms with Crippen LogP contribution in [0.5, 0.6) is 0 Å². The minimum absolute atomic E-state index is 0.0325. The molecule has 21 heavy (non-hydrogen) atoms. The number of aromatic nitrogens is 1. The zero-order chi connectivity index (χ0) is 14.8. The van der Waals surface area contributed by atoms with Crippen molar-refractivity contribution in [1.29, 1.82) is 0 Å². The molecule has 0 atom stereocenters. The molecule has 0 unspecified atom stereocenters. The predicted molar refractivity (Wildman–Crippen MR) is 80.8 cm³/mol. The van der Waals surface area contributed by atoms with Gasteiger partial charge in [-0.25, -0.2) is 4.98 Å². The molecule has 0 aliphatic carbocycles. The van der Waals surface area contributed by atoms with Gasteiger partial charge >= 0.3 is 0 Å². The summed E-state index contributed by atoms with van der Waals surface area (Å²) in [7, 11) is 0. The van der Waals surface area contributed by atoms with E-state index in [1.165, 1.54) is 12.1 Å². The van der Waals surface area contributed by atoms with E-state index < -0.39 is 4.92 Å². The van der Waals surface area contributed by atoms with Crippen molar-refractivity contribution >= 4 is 39.5 Å². The summed E-state index contributed by atoms with van der Waals surface area (Å²) in [5, 5.41) is 10.9. The number of non-ortho nitro benzene ring substituents is 1. The van der Waals surface area contributed by atoms with Gasteiger partial charge in [0.2, 0.25) is 5.89 Å². The van der Waals surface area contributed by atoms with Crippen molar-refractivity contribution in [3.8, 4) is 0 Å². The van der Waals surface area contributed by atoms with Gasteiger partial charge in [-0.2, -0.15) is 0 Å². The maximum atomic E-state index is 10.6. The van der Waals surface area contributed by atoms with E-state index in [2.05, 4.69) is 4.98 Å². The van der Waals surface area contributed by atoms with Gasteiger partial charge in [0.05, 0.1) is 4.92 Å². The fourth-order valence-corrected chi connectivity index (χ4v) is 2.08. The monoisotopic (exact) mass is 300 g/mol. The summed E-state index contributed by atoms with van der Waals surface area (Å²) in [6, 6.07) is 13.4. The lowest BCUT2D eigenvalue weighted by Crippen LogP contribution is -1.86. The average Bonchev–Trinajstić information content (AvgIpc) is 2.92. The van der Waals surface area contributed by atoms with Gasteiger partial charge in [0, 0.05) is 12.1 Å². The van der Waals surface area contributed by atoms with E-state index in [4.69, 9.17) is 16.0 Å². The number of nitrogens with zero attached hydrogens (tertiary/aromatic N) is 2. The molecule has 6 heteroatoms. The van der Waals surface area contributed by atoms with Crippen LogP contribution in [-0.4, -0.2) is 9.91 Å². The van der Waals surface area contributed by atoms with Crippen molar-refractivity contribution in [2.45, 2.75) is 0 Å². The minimum Gasteiger partial charge on any atom is -0.435 e. The van der Waals surface area contributed by atoms with Gasteiger partial charge in [0.15, 0.2) is 5.58 Å². The summed E-state index contributed by atoms with van der Waals surface area (Å²) in [4.78, 5) is 14.4. The summed E-state index contributed by atoms with van der Waals surface area (Å²) in [6.07, 6.45) is 1.65. The highest BCUT2D eigenvalue weighted by Gasteiger charge is 2.09. The van der Waals surface area contributed by atoms with Gasteiger partial charge in [-0.1, -0.05) is 23.7 Å². The smallest absolute Gasteiger partial charge is 0.269 e. The number of nitro benzene ring substituents is 1. The van der Waals surface area contributed by atoms with Crippen LogP contribution in [0.4, 0.5) is 5.69 Å². The maximum absolute atomic E-state index is 10.6. The summed E-state index contributed by atoms with van der Waals surface area (Å²) in [6.45, 7) is 0. The lowest BCUT2D eigenvalue weighted by atomic mass is 10.2. The molecule has 2 aromatic carbocycles. The molecule has 104 valence electrons. The summed E-state index contributed by atoms with van der Waals surface area (Å²) in [5.41, 5.74) is 2.14. The van der Waals surface area contributed by atoms with Crippen molar-refractivity contribution in [2.75, 3.05) is 0 Å². The largest absolute Gasteiger partial charge is 0.435 e. The SMILES string of the molecule is O=[N+]([O-])c1ccc(/C=C(\Cl)c2nc3ccccc3o2)cc1. The van der Waals surface area contributed by atoms with Crippen LogP contribution in [0, 0.1) is 10.1 Å². The molecule has 0 radical (unpaired) electrons. The molecule has 0 fully saturated rings. The number of hydrogen-bond acceptors (Lipinski definition) is 4. The molecule has 0 amide bonds. The Morgan fingerprint density at radius 2 is 1.90 bits per heavy atom. The third kappa shape index (κ3) is 2.78. The Morgan fingerprint density at radius 1 is 1.19 bits per heavy atom. The summed E-state index contributed by atoms with van der Waals surface area (Å²) >= 11 is 6.19. The van der Waals surface area contributed by atoms with E-state index in [0.717, 1.165) is 11.1 Å². The normalized spacial score (nSPS) is 11.8. The second kappa shape index (κ2) is 5.38. The molecule has 0 spiro atoms. The van der Waals surface area contributed by atoms with E-state index in [-0.39, 0.29) is 5.69 Å². The van der Waals surface area contributed by atoms with Crippen LogP contribution in [0.3, 0.4) is 0 Å². The molecule has 0 aliphatic heterocycles. The topological polar surface area (TPSA) is 69.2 Å². The van der Waals surface area contributed by atoms with E-state index in [9.17, 15) is 10.1 Å². The van der Waals surface area contributed by atoms with E-state index in [1.807, 2.05) is 24.3 Å². The molecular weight excluding hydrogens is 292 g/mol. The molecular formula is C15H9ClN2O3. The van der Waals surface area contributed by atoms with Gasteiger partial charge in [-0.05, 0) is 35.9 Å². The molecule has 5 nitrogen and oxygen atoms in total. The highest BCUT2D eigenvalue weighted by atomic mass is 35.5. The Kier molecular flexibility index (Phi) is 3.41. The number of benzene rings is 2. The van der Waals surface area contributed by atoms with Gasteiger partial charge in [-0.3, -0.25) is 10.1 Å². The fourth-order valence-electron chi connectivity index (χ4n) is 1.87. The second-order valence-corrected chi connectivity index (χ2v) is 4.73. The van der Waals surface area contributed by atoms with Crippen molar-refractivity contribution in [3.05, 3.63) is 70.1 Å². The number of fused-ring (bicyclic) bond motifs is 1. The molecule has 0 saturated carbocycles. The lowest BCUT2D eigenvalue weighted by molar-refractivity contribution is -0.384. The Balaban J connectivity index is 1.92. The zero-order valence-electron chi connectivity index (χ0n) is 10.7. The van der Waals surface area contributed by atoms with Gasteiger partial charge in [0.1, 0.15) is 10.5 Å². The number of oxazole rings is 1. The van der Waals surface area contributed by atoms with Gasteiger partial charge in [0.25, 0.3) is 5.69 Å². The Hall–Kier alpha value is -2.66.